The normalized spacial score (nSPS) is 13.5. The lowest BCUT2D eigenvalue weighted by atomic mass is 10.0. The average molecular weight is 422 g/mol. The molecular formula is C20H24ClF4NO2. The Hall–Kier alpha value is -1.83. The number of hydrogen-bond acceptors (Lipinski definition) is 3. The van der Waals surface area contributed by atoms with Gasteiger partial charge < -0.3 is 15.2 Å². The molecule has 0 radical (unpaired) electrons. The summed E-state index contributed by atoms with van der Waals surface area (Å²) in [4.78, 5) is 0. The summed E-state index contributed by atoms with van der Waals surface area (Å²) in [6, 6.07) is 9.81. The van der Waals surface area contributed by atoms with E-state index >= 15 is 0 Å². The van der Waals surface area contributed by atoms with E-state index in [0.29, 0.717) is 0 Å². The van der Waals surface area contributed by atoms with Crippen molar-refractivity contribution in [2.75, 3.05) is 13.7 Å². The zero-order chi connectivity index (χ0) is 20.0. The van der Waals surface area contributed by atoms with Crippen molar-refractivity contribution < 1.29 is 27.4 Å². The smallest absolute Gasteiger partial charge is 0.419 e. The average Bonchev–Trinajstić information content (AvgIpc) is 2.64. The molecule has 0 fully saturated rings. The molecule has 156 valence electrons. The third kappa shape index (κ3) is 6.96. The first kappa shape index (κ1) is 24.2. The van der Waals surface area contributed by atoms with Crippen molar-refractivity contribution in [1.29, 1.82) is 0 Å². The molecule has 28 heavy (non-hydrogen) atoms. The molecule has 2 aromatic carbocycles. The fourth-order valence-corrected chi connectivity index (χ4v) is 2.72. The number of hydrogen-bond donors (Lipinski definition) is 2. The van der Waals surface area contributed by atoms with Crippen molar-refractivity contribution in [3.63, 3.8) is 0 Å². The molecule has 2 N–H and O–H groups in total. The van der Waals surface area contributed by atoms with Gasteiger partial charge >= 0.3 is 6.18 Å². The van der Waals surface area contributed by atoms with E-state index in [-0.39, 0.29) is 42.1 Å². The second-order valence-corrected chi connectivity index (χ2v) is 6.45. The van der Waals surface area contributed by atoms with Crippen LogP contribution in [0.15, 0.2) is 42.5 Å². The Morgan fingerprint density at radius 3 is 2.32 bits per heavy atom. The molecule has 0 aliphatic rings. The lowest BCUT2D eigenvalue weighted by Gasteiger charge is -2.19. The van der Waals surface area contributed by atoms with Gasteiger partial charge in [0.15, 0.2) is 0 Å². The number of halogens is 5. The first-order chi connectivity index (χ1) is 12.7. The van der Waals surface area contributed by atoms with Gasteiger partial charge in [0, 0.05) is 12.6 Å². The summed E-state index contributed by atoms with van der Waals surface area (Å²) < 4.78 is 56.9. The molecule has 2 atom stereocenters. The topological polar surface area (TPSA) is 41.5 Å². The van der Waals surface area contributed by atoms with Crippen LogP contribution in [0.1, 0.15) is 36.1 Å². The third-order valence-corrected chi connectivity index (χ3v) is 4.35. The molecule has 0 aliphatic carbocycles. The molecule has 8 heteroatoms. The molecule has 2 rings (SSSR count). The van der Waals surface area contributed by atoms with E-state index in [1.54, 1.807) is 12.1 Å². The van der Waals surface area contributed by atoms with Gasteiger partial charge in [-0.1, -0.05) is 18.2 Å². The van der Waals surface area contributed by atoms with Crippen molar-refractivity contribution in [1.82, 2.24) is 5.32 Å². The number of rotatable bonds is 8. The van der Waals surface area contributed by atoms with Crippen LogP contribution in [-0.2, 0) is 12.6 Å². The highest BCUT2D eigenvalue weighted by molar-refractivity contribution is 5.85. The monoisotopic (exact) mass is 421 g/mol. The lowest BCUT2D eigenvalue weighted by Crippen LogP contribution is -2.31. The van der Waals surface area contributed by atoms with E-state index in [4.69, 9.17) is 4.74 Å². The van der Waals surface area contributed by atoms with Crippen LogP contribution in [-0.4, -0.2) is 24.8 Å². The zero-order valence-electron chi connectivity index (χ0n) is 15.6. The Kier molecular flexibility index (Phi) is 9.20. The third-order valence-electron chi connectivity index (χ3n) is 4.35. The van der Waals surface area contributed by atoms with Gasteiger partial charge in [0.25, 0.3) is 0 Å². The molecular weight excluding hydrogens is 398 g/mol. The van der Waals surface area contributed by atoms with Gasteiger partial charge in [-0.3, -0.25) is 0 Å². The van der Waals surface area contributed by atoms with Gasteiger partial charge in [-0.25, -0.2) is 4.39 Å². The quantitative estimate of drug-likeness (QED) is 0.594. The summed E-state index contributed by atoms with van der Waals surface area (Å²) in [5.74, 6) is -0.565. The summed E-state index contributed by atoms with van der Waals surface area (Å²) in [7, 11) is 1.17. The number of benzene rings is 2. The summed E-state index contributed by atoms with van der Waals surface area (Å²) in [6.45, 7) is 2.04. The first-order valence-corrected chi connectivity index (χ1v) is 8.61. The van der Waals surface area contributed by atoms with Crippen LogP contribution < -0.4 is 10.1 Å². The molecule has 3 nitrogen and oxygen atoms in total. The maximum absolute atomic E-state index is 13.1. The van der Waals surface area contributed by atoms with Crippen LogP contribution in [0.3, 0.4) is 0 Å². The van der Waals surface area contributed by atoms with Crippen molar-refractivity contribution in [2.24, 2.45) is 0 Å². The molecule has 0 spiro atoms. The van der Waals surface area contributed by atoms with Crippen molar-refractivity contribution in [3.8, 4) is 5.75 Å². The van der Waals surface area contributed by atoms with E-state index in [1.165, 1.54) is 31.4 Å². The predicted molar refractivity (Wildman–Crippen MR) is 102 cm³/mol. The van der Waals surface area contributed by atoms with Crippen LogP contribution in [0, 0.1) is 5.82 Å². The predicted octanol–water partition coefficient (Wildman–Crippen LogP) is 4.92. The van der Waals surface area contributed by atoms with Crippen LogP contribution in [0.4, 0.5) is 17.6 Å². The van der Waals surface area contributed by atoms with Crippen LogP contribution in [0.2, 0.25) is 0 Å². The first-order valence-electron chi connectivity index (χ1n) is 8.61. The summed E-state index contributed by atoms with van der Waals surface area (Å²) >= 11 is 0. The zero-order valence-corrected chi connectivity index (χ0v) is 16.4. The van der Waals surface area contributed by atoms with E-state index in [1.807, 2.05) is 6.92 Å². The Bertz CT molecular complexity index is 738. The fourth-order valence-electron chi connectivity index (χ4n) is 2.72. The van der Waals surface area contributed by atoms with E-state index in [0.717, 1.165) is 24.5 Å². The van der Waals surface area contributed by atoms with Crippen molar-refractivity contribution >= 4 is 12.4 Å². The minimum atomic E-state index is -4.56. The minimum Gasteiger partial charge on any atom is -0.496 e. The molecule has 0 bridgehead atoms. The maximum atomic E-state index is 13.1. The Morgan fingerprint density at radius 2 is 1.75 bits per heavy atom. The van der Waals surface area contributed by atoms with E-state index < -0.39 is 17.8 Å². The number of ether oxygens (including phenoxy) is 1. The molecule has 0 aromatic heterocycles. The van der Waals surface area contributed by atoms with Crippen LogP contribution >= 0.6 is 12.4 Å². The molecule has 0 amide bonds. The summed E-state index contributed by atoms with van der Waals surface area (Å²) in [5, 5.41) is 13.3. The molecule has 0 saturated carbocycles. The standard InChI is InChI=1S/C20H23F4NO2.ClH/c1-13(3-4-14-5-8-16(21)9-6-14)25-12-18(26)15-7-10-19(27-2)17(11-15)20(22,23)24;/h5-11,13,18,25-26H,3-4,12H2,1-2H3;1H. The van der Waals surface area contributed by atoms with Crippen molar-refractivity contribution in [2.45, 2.75) is 38.1 Å². The van der Waals surface area contributed by atoms with Gasteiger partial charge in [0.1, 0.15) is 11.6 Å². The number of nitrogens with one attached hydrogen (secondary N) is 1. The number of alkyl halides is 3. The number of methoxy groups -OCH3 is 1. The Labute approximate surface area is 168 Å². The van der Waals surface area contributed by atoms with Gasteiger partial charge in [0.05, 0.1) is 18.8 Å². The van der Waals surface area contributed by atoms with Gasteiger partial charge in [0.2, 0.25) is 0 Å². The Balaban J connectivity index is 0.00000392. The maximum Gasteiger partial charge on any atom is 0.419 e. The van der Waals surface area contributed by atoms with Gasteiger partial charge in [-0.2, -0.15) is 13.2 Å². The lowest BCUT2D eigenvalue weighted by molar-refractivity contribution is -0.138. The SMILES string of the molecule is COc1ccc(C(O)CNC(C)CCc2ccc(F)cc2)cc1C(F)(F)F.Cl. The number of aliphatic hydroxyl groups excluding tert-OH is 1. The highest BCUT2D eigenvalue weighted by Crippen LogP contribution is 2.37. The molecule has 0 saturated heterocycles. The highest BCUT2D eigenvalue weighted by atomic mass is 35.5. The summed E-state index contributed by atoms with van der Waals surface area (Å²) in [5.41, 5.74) is 0.253. The van der Waals surface area contributed by atoms with Crippen molar-refractivity contribution in [3.05, 3.63) is 65.0 Å². The van der Waals surface area contributed by atoms with E-state index in [2.05, 4.69) is 5.32 Å². The largest absolute Gasteiger partial charge is 0.496 e. The fraction of sp³-hybridized carbons (Fsp3) is 0.400. The molecule has 2 unspecified atom stereocenters. The van der Waals surface area contributed by atoms with Crippen LogP contribution in [0.25, 0.3) is 0 Å². The number of aryl methyl sites for hydroxylation is 1. The minimum absolute atomic E-state index is 0. The highest BCUT2D eigenvalue weighted by Gasteiger charge is 2.35. The number of aliphatic hydroxyl groups is 1. The van der Waals surface area contributed by atoms with Gasteiger partial charge in [-0.05, 0) is 55.2 Å². The van der Waals surface area contributed by atoms with E-state index in [9.17, 15) is 22.7 Å². The summed E-state index contributed by atoms with van der Waals surface area (Å²) in [6.07, 6.45) is -4.16. The van der Waals surface area contributed by atoms with Gasteiger partial charge in [-0.15, -0.1) is 12.4 Å². The molecule has 0 aliphatic heterocycles. The second-order valence-electron chi connectivity index (χ2n) is 6.45. The van der Waals surface area contributed by atoms with Crippen LogP contribution in [0.5, 0.6) is 5.75 Å². The molecule has 0 heterocycles. The Morgan fingerprint density at radius 1 is 1.11 bits per heavy atom. The molecule has 2 aromatic rings. The second kappa shape index (κ2) is 10.6.